The molecule has 1 aromatic heterocycles. The van der Waals surface area contributed by atoms with Gasteiger partial charge in [0.25, 0.3) is 0 Å². The van der Waals surface area contributed by atoms with E-state index in [0.29, 0.717) is 18.4 Å². The molecule has 0 atom stereocenters. The molecular formula is C22H28IN5O3S. The van der Waals surface area contributed by atoms with Crippen LogP contribution in [0.3, 0.4) is 0 Å². The molecule has 3 N–H and O–H groups in total. The van der Waals surface area contributed by atoms with Crippen molar-refractivity contribution in [2.45, 2.75) is 20.0 Å². The van der Waals surface area contributed by atoms with Crippen LogP contribution in [0.2, 0.25) is 0 Å². The zero-order chi connectivity index (χ0) is 22.1. The molecule has 3 aromatic rings. The van der Waals surface area contributed by atoms with Gasteiger partial charge in [-0.15, -0.1) is 24.0 Å². The SMILES string of the molecule is CN=C(NCCS(=O)(=O)NCc1ccccc1)NCc1coc(-c2ccc(C)cc2)n1.I. The molecule has 0 saturated carbocycles. The fourth-order valence-electron chi connectivity index (χ4n) is 2.78. The number of aryl methyl sites for hydroxylation is 1. The topological polar surface area (TPSA) is 109 Å². The molecule has 0 fully saturated rings. The van der Waals surface area contributed by atoms with E-state index in [4.69, 9.17) is 4.42 Å². The minimum Gasteiger partial charge on any atom is -0.444 e. The lowest BCUT2D eigenvalue weighted by atomic mass is 10.1. The largest absolute Gasteiger partial charge is 0.444 e. The van der Waals surface area contributed by atoms with Crippen LogP contribution in [-0.2, 0) is 23.1 Å². The fourth-order valence-corrected chi connectivity index (χ4v) is 3.68. The fraction of sp³-hybridized carbons (Fsp3) is 0.273. The minimum atomic E-state index is -3.40. The number of guanidine groups is 1. The van der Waals surface area contributed by atoms with Crippen LogP contribution in [0.5, 0.6) is 0 Å². The molecular weight excluding hydrogens is 541 g/mol. The number of hydrogen-bond donors (Lipinski definition) is 3. The van der Waals surface area contributed by atoms with Crippen molar-refractivity contribution in [3.8, 4) is 11.5 Å². The smallest absolute Gasteiger partial charge is 0.226 e. The second kappa shape index (κ2) is 12.6. The summed E-state index contributed by atoms with van der Waals surface area (Å²) in [5.74, 6) is 0.968. The zero-order valence-corrected chi connectivity index (χ0v) is 21.2. The van der Waals surface area contributed by atoms with E-state index in [-0.39, 0.29) is 42.8 Å². The molecule has 10 heteroatoms. The molecule has 0 amide bonds. The van der Waals surface area contributed by atoms with E-state index in [9.17, 15) is 8.42 Å². The Balaban J connectivity index is 0.00000363. The van der Waals surface area contributed by atoms with E-state index in [1.54, 1.807) is 13.3 Å². The van der Waals surface area contributed by atoms with E-state index < -0.39 is 10.0 Å². The van der Waals surface area contributed by atoms with Crippen LogP contribution in [0.15, 0.2) is 70.3 Å². The molecule has 0 bridgehead atoms. The second-order valence-corrected chi connectivity index (χ2v) is 8.91. The Morgan fingerprint density at radius 2 is 1.75 bits per heavy atom. The first kappa shape index (κ1) is 25.8. The minimum absolute atomic E-state index is 0. The molecule has 0 saturated heterocycles. The maximum atomic E-state index is 12.2. The van der Waals surface area contributed by atoms with E-state index >= 15 is 0 Å². The number of benzene rings is 2. The van der Waals surface area contributed by atoms with Crippen molar-refractivity contribution >= 4 is 40.0 Å². The van der Waals surface area contributed by atoms with Crippen LogP contribution < -0.4 is 15.4 Å². The summed E-state index contributed by atoms with van der Waals surface area (Å²) >= 11 is 0. The van der Waals surface area contributed by atoms with Gasteiger partial charge in [-0.3, -0.25) is 4.99 Å². The summed E-state index contributed by atoms with van der Waals surface area (Å²) in [5.41, 5.74) is 3.71. The molecule has 0 radical (unpaired) electrons. The van der Waals surface area contributed by atoms with Crippen LogP contribution in [0.1, 0.15) is 16.8 Å². The summed E-state index contributed by atoms with van der Waals surface area (Å²) in [6, 6.07) is 17.3. The van der Waals surface area contributed by atoms with Gasteiger partial charge in [-0.2, -0.15) is 0 Å². The highest BCUT2D eigenvalue weighted by molar-refractivity contribution is 14.0. The van der Waals surface area contributed by atoms with E-state index in [1.165, 1.54) is 5.56 Å². The highest BCUT2D eigenvalue weighted by Crippen LogP contribution is 2.18. The number of nitrogens with one attached hydrogen (secondary N) is 3. The van der Waals surface area contributed by atoms with Gasteiger partial charge in [0.2, 0.25) is 15.9 Å². The summed E-state index contributed by atoms with van der Waals surface area (Å²) in [7, 11) is -1.78. The highest BCUT2D eigenvalue weighted by atomic mass is 127. The summed E-state index contributed by atoms with van der Waals surface area (Å²) in [6.45, 7) is 2.91. The first-order valence-electron chi connectivity index (χ1n) is 9.92. The van der Waals surface area contributed by atoms with E-state index in [0.717, 1.165) is 16.8 Å². The van der Waals surface area contributed by atoms with Gasteiger partial charge in [0, 0.05) is 25.7 Å². The van der Waals surface area contributed by atoms with Crippen molar-refractivity contribution in [2.75, 3.05) is 19.3 Å². The maximum absolute atomic E-state index is 12.2. The van der Waals surface area contributed by atoms with Gasteiger partial charge in [-0.25, -0.2) is 18.1 Å². The average molecular weight is 569 g/mol. The summed E-state index contributed by atoms with van der Waals surface area (Å²) in [6.07, 6.45) is 1.59. The molecule has 0 aliphatic carbocycles. The number of sulfonamides is 1. The van der Waals surface area contributed by atoms with Crippen molar-refractivity contribution in [1.29, 1.82) is 0 Å². The van der Waals surface area contributed by atoms with Crippen molar-refractivity contribution in [3.63, 3.8) is 0 Å². The number of aromatic nitrogens is 1. The third-order valence-corrected chi connectivity index (χ3v) is 5.84. The normalized spacial score (nSPS) is 11.6. The predicted molar refractivity (Wildman–Crippen MR) is 137 cm³/mol. The Hall–Kier alpha value is -2.44. The maximum Gasteiger partial charge on any atom is 0.226 e. The number of rotatable bonds is 9. The van der Waals surface area contributed by atoms with E-state index in [1.807, 2.05) is 61.5 Å². The number of hydrogen-bond acceptors (Lipinski definition) is 5. The molecule has 172 valence electrons. The molecule has 2 aromatic carbocycles. The van der Waals surface area contributed by atoms with Crippen LogP contribution in [-0.4, -0.2) is 38.7 Å². The number of halogens is 1. The second-order valence-electron chi connectivity index (χ2n) is 6.99. The van der Waals surface area contributed by atoms with Crippen LogP contribution in [0, 0.1) is 6.92 Å². The molecule has 8 nitrogen and oxygen atoms in total. The standard InChI is InChI=1S/C22H27N5O3S.HI/c1-17-8-10-19(11-9-17)21-27-20(16-30-21)15-25-22(23-2)24-12-13-31(28,29)26-14-18-6-4-3-5-7-18;/h3-11,16,26H,12-15H2,1-2H3,(H2,23,24,25);1H. The lowest BCUT2D eigenvalue weighted by Gasteiger charge is -2.11. The van der Waals surface area contributed by atoms with Gasteiger partial charge in [-0.05, 0) is 24.6 Å². The lowest BCUT2D eigenvalue weighted by Crippen LogP contribution is -2.40. The first-order valence-corrected chi connectivity index (χ1v) is 11.6. The van der Waals surface area contributed by atoms with Crippen molar-refractivity contribution in [3.05, 3.63) is 77.7 Å². The molecule has 0 aliphatic rings. The van der Waals surface area contributed by atoms with Gasteiger partial charge >= 0.3 is 0 Å². The Bertz CT molecular complexity index is 1100. The van der Waals surface area contributed by atoms with Gasteiger partial charge in [0.1, 0.15) is 6.26 Å². The van der Waals surface area contributed by atoms with Crippen molar-refractivity contribution in [1.82, 2.24) is 20.3 Å². The molecule has 0 spiro atoms. The van der Waals surface area contributed by atoms with Crippen LogP contribution >= 0.6 is 24.0 Å². The van der Waals surface area contributed by atoms with Crippen molar-refractivity contribution in [2.24, 2.45) is 4.99 Å². The lowest BCUT2D eigenvalue weighted by molar-refractivity contribution is 0.572. The molecule has 0 aliphatic heterocycles. The molecule has 32 heavy (non-hydrogen) atoms. The quantitative estimate of drug-likeness (QED) is 0.208. The number of nitrogens with zero attached hydrogens (tertiary/aromatic N) is 2. The van der Waals surface area contributed by atoms with Gasteiger partial charge in [0.15, 0.2) is 5.96 Å². The summed E-state index contributed by atoms with van der Waals surface area (Å²) < 4.78 is 32.5. The monoisotopic (exact) mass is 569 g/mol. The summed E-state index contributed by atoms with van der Waals surface area (Å²) in [4.78, 5) is 8.58. The van der Waals surface area contributed by atoms with Crippen LogP contribution in [0.4, 0.5) is 0 Å². The number of aliphatic imine (C=N–C) groups is 1. The highest BCUT2D eigenvalue weighted by Gasteiger charge is 2.11. The molecule has 0 unspecified atom stereocenters. The van der Waals surface area contributed by atoms with Gasteiger partial charge in [-0.1, -0.05) is 48.0 Å². The number of oxazole rings is 1. The van der Waals surface area contributed by atoms with Crippen molar-refractivity contribution < 1.29 is 12.8 Å². The van der Waals surface area contributed by atoms with Gasteiger partial charge < -0.3 is 15.1 Å². The third-order valence-electron chi connectivity index (χ3n) is 4.51. The Morgan fingerprint density at radius 1 is 1.03 bits per heavy atom. The zero-order valence-electron chi connectivity index (χ0n) is 18.0. The van der Waals surface area contributed by atoms with E-state index in [2.05, 4.69) is 25.3 Å². The Kier molecular flexibility index (Phi) is 10.1. The average Bonchev–Trinajstić information content (AvgIpc) is 3.25. The molecule has 1 heterocycles. The van der Waals surface area contributed by atoms with Crippen LogP contribution in [0.25, 0.3) is 11.5 Å². The first-order chi connectivity index (χ1) is 14.9. The van der Waals surface area contributed by atoms with Gasteiger partial charge in [0.05, 0.1) is 18.0 Å². The Labute approximate surface area is 206 Å². The summed E-state index contributed by atoms with van der Waals surface area (Å²) in [5, 5.41) is 6.10. The third kappa shape index (κ3) is 8.24. The predicted octanol–water partition coefficient (Wildman–Crippen LogP) is 3.05. The Morgan fingerprint density at radius 3 is 2.44 bits per heavy atom. The molecule has 3 rings (SSSR count).